The van der Waals surface area contributed by atoms with Crippen molar-refractivity contribution < 1.29 is 9.53 Å². The molecule has 2 rings (SSSR count). The maximum absolute atomic E-state index is 11.1. The van der Waals surface area contributed by atoms with Crippen LogP contribution in [0.25, 0.3) is 0 Å². The Labute approximate surface area is 104 Å². The number of amides is 1. The lowest BCUT2D eigenvalue weighted by Crippen LogP contribution is -2.10. The second-order valence-electron chi connectivity index (χ2n) is 3.92. The summed E-state index contributed by atoms with van der Waals surface area (Å²) >= 11 is 0. The number of carbonyl (C=O) groups is 1. The van der Waals surface area contributed by atoms with Crippen molar-refractivity contribution in [2.75, 3.05) is 5.73 Å². The van der Waals surface area contributed by atoms with Gasteiger partial charge in [-0.3, -0.25) is 4.79 Å². The summed E-state index contributed by atoms with van der Waals surface area (Å²) in [4.78, 5) is 11.1. The van der Waals surface area contributed by atoms with Crippen molar-refractivity contribution in [1.29, 1.82) is 0 Å². The second-order valence-corrected chi connectivity index (χ2v) is 3.92. The summed E-state index contributed by atoms with van der Waals surface area (Å²) in [6.07, 6.45) is 0. The fraction of sp³-hybridized carbons (Fsp3) is 0.167. The zero-order valence-corrected chi connectivity index (χ0v) is 10.2. The minimum Gasteiger partial charge on any atom is -0.437 e. The first-order chi connectivity index (χ1) is 8.49. The van der Waals surface area contributed by atoms with Gasteiger partial charge < -0.3 is 16.2 Å². The summed E-state index contributed by atoms with van der Waals surface area (Å²) in [5.74, 6) is 0.421. The van der Waals surface area contributed by atoms with E-state index in [4.69, 9.17) is 16.2 Å². The van der Waals surface area contributed by atoms with Crippen LogP contribution in [0.5, 0.6) is 11.6 Å². The molecule has 0 radical (unpaired) electrons. The van der Waals surface area contributed by atoms with Crippen LogP contribution in [0.3, 0.4) is 0 Å². The minimum absolute atomic E-state index is 0.380. The van der Waals surface area contributed by atoms with Crippen LogP contribution in [-0.4, -0.2) is 15.7 Å². The van der Waals surface area contributed by atoms with Crippen molar-refractivity contribution in [3.63, 3.8) is 0 Å². The van der Waals surface area contributed by atoms with Gasteiger partial charge in [-0.25, -0.2) is 4.68 Å². The number of primary amides is 1. The number of aromatic nitrogens is 2. The Morgan fingerprint density at radius 2 is 2.17 bits per heavy atom. The summed E-state index contributed by atoms with van der Waals surface area (Å²) in [5, 5.41) is 4.14. The number of rotatable bonds is 3. The van der Waals surface area contributed by atoms with Crippen molar-refractivity contribution in [1.82, 2.24) is 9.78 Å². The van der Waals surface area contributed by atoms with E-state index in [1.807, 2.05) is 0 Å². The maximum Gasteiger partial charge on any atom is 0.248 e. The number of benzene rings is 1. The van der Waals surface area contributed by atoms with E-state index in [-0.39, 0.29) is 0 Å². The molecule has 0 saturated heterocycles. The van der Waals surface area contributed by atoms with Crippen LogP contribution in [0.15, 0.2) is 24.3 Å². The third kappa shape index (κ3) is 2.13. The van der Waals surface area contributed by atoms with E-state index >= 15 is 0 Å². The van der Waals surface area contributed by atoms with Crippen molar-refractivity contribution in [2.24, 2.45) is 12.8 Å². The van der Waals surface area contributed by atoms with E-state index in [0.717, 1.165) is 0 Å². The van der Waals surface area contributed by atoms with Gasteiger partial charge in [0.25, 0.3) is 0 Å². The average Bonchev–Trinajstić information content (AvgIpc) is 2.56. The summed E-state index contributed by atoms with van der Waals surface area (Å²) in [6.45, 7) is 1.79. The molecule has 94 valence electrons. The molecule has 2 aromatic rings. The largest absolute Gasteiger partial charge is 0.437 e. The molecule has 0 aliphatic heterocycles. The van der Waals surface area contributed by atoms with Crippen LogP contribution in [-0.2, 0) is 7.05 Å². The predicted molar refractivity (Wildman–Crippen MR) is 67.4 cm³/mol. The standard InChI is InChI=1S/C12H14N4O2/c1-7-10(13)12(16(2)15-7)18-9-5-3-4-8(6-9)11(14)17/h3-6H,13H2,1-2H3,(H2,14,17). The lowest BCUT2D eigenvalue weighted by atomic mass is 10.2. The number of ether oxygens (including phenoxy) is 1. The first kappa shape index (κ1) is 12.0. The normalized spacial score (nSPS) is 10.3. The average molecular weight is 246 g/mol. The van der Waals surface area contributed by atoms with Crippen molar-refractivity contribution in [2.45, 2.75) is 6.92 Å². The molecule has 0 atom stereocenters. The van der Waals surface area contributed by atoms with E-state index in [1.165, 1.54) is 0 Å². The van der Waals surface area contributed by atoms with Crippen molar-refractivity contribution in [3.8, 4) is 11.6 Å². The highest BCUT2D eigenvalue weighted by molar-refractivity contribution is 5.93. The molecule has 1 heterocycles. The molecule has 4 N–H and O–H groups in total. The fourth-order valence-electron chi connectivity index (χ4n) is 1.60. The van der Waals surface area contributed by atoms with Crippen LogP contribution < -0.4 is 16.2 Å². The van der Waals surface area contributed by atoms with Gasteiger partial charge >= 0.3 is 0 Å². The molecular formula is C12H14N4O2. The van der Waals surface area contributed by atoms with Gasteiger partial charge in [0.1, 0.15) is 11.4 Å². The molecular weight excluding hydrogens is 232 g/mol. The molecule has 0 spiro atoms. The molecule has 0 aliphatic carbocycles. The van der Waals surface area contributed by atoms with E-state index < -0.39 is 5.91 Å². The SMILES string of the molecule is Cc1nn(C)c(Oc2cccc(C(N)=O)c2)c1N. The first-order valence-electron chi connectivity index (χ1n) is 5.36. The molecule has 1 aromatic heterocycles. The zero-order valence-electron chi connectivity index (χ0n) is 10.2. The van der Waals surface area contributed by atoms with Crippen molar-refractivity contribution in [3.05, 3.63) is 35.5 Å². The van der Waals surface area contributed by atoms with Crippen LogP contribution in [0.2, 0.25) is 0 Å². The number of nitrogen functional groups attached to an aromatic ring is 1. The Bertz CT molecular complexity index is 604. The Hall–Kier alpha value is -2.50. The fourth-order valence-corrected chi connectivity index (χ4v) is 1.60. The highest BCUT2D eigenvalue weighted by atomic mass is 16.5. The third-order valence-electron chi connectivity index (χ3n) is 2.55. The molecule has 0 unspecified atom stereocenters. The molecule has 1 amide bonds. The Balaban J connectivity index is 2.34. The van der Waals surface area contributed by atoms with Crippen LogP contribution in [0, 0.1) is 6.92 Å². The van der Waals surface area contributed by atoms with Gasteiger partial charge in [-0.05, 0) is 25.1 Å². The van der Waals surface area contributed by atoms with E-state index in [1.54, 1.807) is 42.9 Å². The Kier molecular flexibility index (Phi) is 2.93. The Morgan fingerprint density at radius 1 is 1.44 bits per heavy atom. The predicted octanol–water partition coefficient (Wildman–Crippen LogP) is 1.20. The van der Waals surface area contributed by atoms with Crippen LogP contribution in [0.4, 0.5) is 5.69 Å². The molecule has 18 heavy (non-hydrogen) atoms. The Morgan fingerprint density at radius 3 is 2.72 bits per heavy atom. The zero-order chi connectivity index (χ0) is 13.3. The van der Waals surface area contributed by atoms with Gasteiger partial charge in [0, 0.05) is 12.6 Å². The summed E-state index contributed by atoms with van der Waals surface area (Å²) < 4.78 is 7.16. The highest BCUT2D eigenvalue weighted by Gasteiger charge is 2.12. The quantitative estimate of drug-likeness (QED) is 0.850. The highest BCUT2D eigenvalue weighted by Crippen LogP contribution is 2.29. The van der Waals surface area contributed by atoms with E-state index in [0.29, 0.717) is 28.6 Å². The molecule has 6 heteroatoms. The smallest absolute Gasteiger partial charge is 0.248 e. The number of nitrogens with zero attached hydrogens (tertiary/aromatic N) is 2. The van der Waals surface area contributed by atoms with Crippen molar-refractivity contribution >= 4 is 11.6 Å². The number of nitrogens with two attached hydrogens (primary N) is 2. The summed E-state index contributed by atoms with van der Waals surface area (Å²) in [5.41, 5.74) is 12.6. The third-order valence-corrected chi connectivity index (χ3v) is 2.55. The molecule has 6 nitrogen and oxygen atoms in total. The second kappa shape index (κ2) is 4.40. The molecule has 1 aromatic carbocycles. The van der Waals surface area contributed by atoms with Crippen LogP contribution in [0.1, 0.15) is 16.1 Å². The molecule has 0 bridgehead atoms. The lowest BCUT2D eigenvalue weighted by Gasteiger charge is -2.07. The molecule has 0 aliphatic rings. The topological polar surface area (TPSA) is 96.2 Å². The maximum atomic E-state index is 11.1. The monoisotopic (exact) mass is 246 g/mol. The number of aryl methyl sites for hydroxylation is 2. The minimum atomic E-state index is -0.505. The molecule has 0 fully saturated rings. The number of hydrogen-bond donors (Lipinski definition) is 2. The van der Waals surface area contributed by atoms with E-state index in [2.05, 4.69) is 5.10 Å². The number of carbonyl (C=O) groups excluding carboxylic acids is 1. The van der Waals surface area contributed by atoms with Gasteiger partial charge in [0.05, 0.1) is 5.69 Å². The van der Waals surface area contributed by atoms with Gasteiger partial charge in [0.15, 0.2) is 0 Å². The van der Waals surface area contributed by atoms with Crippen LogP contribution >= 0.6 is 0 Å². The number of hydrogen-bond acceptors (Lipinski definition) is 4. The summed E-state index contributed by atoms with van der Waals surface area (Å²) in [6, 6.07) is 6.58. The first-order valence-corrected chi connectivity index (χ1v) is 5.36. The van der Waals surface area contributed by atoms with Gasteiger partial charge in [0.2, 0.25) is 11.8 Å². The van der Waals surface area contributed by atoms with Gasteiger partial charge in [-0.1, -0.05) is 6.07 Å². The van der Waals surface area contributed by atoms with Gasteiger partial charge in [-0.15, -0.1) is 0 Å². The van der Waals surface area contributed by atoms with Gasteiger partial charge in [-0.2, -0.15) is 5.10 Å². The van der Waals surface area contributed by atoms with E-state index in [9.17, 15) is 4.79 Å². The lowest BCUT2D eigenvalue weighted by molar-refractivity contribution is 0.1000. The molecule has 0 saturated carbocycles. The number of anilines is 1. The summed E-state index contributed by atoms with van der Waals surface area (Å²) in [7, 11) is 1.73.